The lowest BCUT2D eigenvalue weighted by Gasteiger charge is -2.28. The highest BCUT2D eigenvalue weighted by atomic mass is 16.4. The van der Waals surface area contributed by atoms with Crippen molar-refractivity contribution in [2.75, 3.05) is 26.2 Å². The van der Waals surface area contributed by atoms with Gasteiger partial charge in [-0.2, -0.15) is 0 Å². The Balaban J connectivity index is 6.36. The number of guanidine groups is 1. The SMILES string of the molecule is CC(C)C[C@H](NC(=O)[C@H](CC(=O)O)NC(=O)[C@H](CCCCN)NC(=O)[C@@H](NC(=O)[C@@H](N)CO)[C@@H](C)O)C(=O)N[C@@H](CCCCN)C(=O)N[C@@H](CCCN=C(N)N)C(=O)O. The number of aliphatic carboxylic acids is 2. The summed E-state index contributed by atoms with van der Waals surface area (Å²) >= 11 is 0. The standard InChI is InChI=1S/C35H66N12O12/c1-18(2)15-24(31(55)42-21(9-4-6-12-36)29(53)44-23(34(58)59)11-8-14-41-35(39)40)45-32(56)25(16-26(50)51)46-30(54)22(10-5-7-13-37)43-33(57)27(19(3)49)47-28(52)20(38)17-48/h18-25,27,48-49H,4-17,36-38H2,1-3H3,(H,42,55)(H,43,57)(H,44,53)(H,45,56)(H,46,54)(H,47,52)(H,50,51)(H,58,59)(H4,39,40,41)/t19-,20+,21+,22+,23+,24+,25+,27+/m1/s1. The van der Waals surface area contributed by atoms with Gasteiger partial charge in [0, 0.05) is 6.54 Å². The summed E-state index contributed by atoms with van der Waals surface area (Å²) in [4.78, 5) is 107. The smallest absolute Gasteiger partial charge is 0.326 e. The van der Waals surface area contributed by atoms with Crippen molar-refractivity contribution >= 4 is 53.3 Å². The number of nitrogens with two attached hydrogens (primary N) is 5. The molecule has 0 aromatic rings. The number of hydrogen-bond donors (Lipinski definition) is 15. The third-order valence-corrected chi connectivity index (χ3v) is 8.67. The molecule has 0 spiro atoms. The van der Waals surface area contributed by atoms with Crippen molar-refractivity contribution in [2.24, 2.45) is 39.6 Å². The molecule has 0 aliphatic rings. The second-order valence-corrected chi connectivity index (χ2v) is 14.4. The van der Waals surface area contributed by atoms with Crippen LogP contribution in [-0.4, -0.2) is 148 Å². The van der Waals surface area contributed by atoms with E-state index in [1.807, 2.05) is 0 Å². The lowest BCUT2D eigenvalue weighted by Crippen LogP contribution is -2.61. The molecule has 24 nitrogen and oxygen atoms in total. The Kier molecular flexibility index (Phi) is 26.6. The molecule has 0 fully saturated rings. The van der Waals surface area contributed by atoms with Gasteiger partial charge in [-0.25, -0.2) is 4.79 Å². The molecule has 59 heavy (non-hydrogen) atoms. The van der Waals surface area contributed by atoms with Crippen LogP contribution in [0.5, 0.6) is 0 Å². The van der Waals surface area contributed by atoms with Crippen LogP contribution in [0.25, 0.3) is 0 Å². The van der Waals surface area contributed by atoms with Crippen LogP contribution in [0.1, 0.15) is 85.0 Å². The third-order valence-electron chi connectivity index (χ3n) is 8.67. The monoisotopic (exact) mass is 846 g/mol. The summed E-state index contributed by atoms with van der Waals surface area (Å²) in [7, 11) is 0. The maximum absolute atomic E-state index is 13.7. The van der Waals surface area contributed by atoms with E-state index in [-0.39, 0.29) is 70.0 Å². The van der Waals surface area contributed by atoms with Gasteiger partial charge in [0.1, 0.15) is 42.3 Å². The van der Waals surface area contributed by atoms with Gasteiger partial charge in [-0.05, 0) is 83.7 Å². The topological polar surface area (TPSA) is 432 Å². The van der Waals surface area contributed by atoms with Crippen molar-refractivity contribution in [3.8, 4) is 0 Å². The number of rotatable bonds is 31. The number of carboxylic acid groups (broad SMARTS) is 2. The molecule has 0 saturated carbocycles. The van der Waals surface area contributed by atoms with E-state index in [1.54, 1.807) is 13.8 Å². The lowest BCUT2D eigenvalue weighted by atomic mass is 10.0. The Morgan fingerprint density at radius 3 is 1.47 bits per heavy atom. The van der Waals surface area contributed by atoms with E-state index in [0.717, 1.165) is 0 Å². The van der Waals surface area contributed by atoms with Crippen molar-refractivity contribution in [2.45, 2.75) is 133 Å². The van der Waals surface area contributed by atoms with Crippen LogP contribution in [-0.2, 0) is 38.4 Å². The maximum atomic E-state index is 13.7. The number of hydrogen-bond acceptors (Lipinski definition) is 14. The normalized spacial score (nSPS) is 15.1. The van der Waals surface area contributed by atoms with E-state index in [2.05, 4.69) is 36.9 Å². The van der Waals surface area contributed by atoms with Crippen LogP contribution in [0.4, 0.5) is 0 Å². The van der Waals surface area contributed by atoms with Crippen LogP contribution in [0.3, 0.4) is 0 Å². The molecular formula is C35H66N12O12. The summed E-state index contributed by atoms with van der Waals surface area (Å²) in [6, 6.07) is -10.3. The number of amides is 6. The van der Waals surface area contributed by atoms with Crippen LogP contribution >= 0.6 is 0 Å². The fourth-order valence-electron chi connectivity index (χ4n) is 5.47. The molecule has 0 bridgehead atoms. The Morgan fingerprint density at radius 1 is 0.593 bits per heavy atom. The Hall–Kier alpha value is -5.17. The largest absolute Gasteiger partial charge is 0.481 e. The van der Waals surface area contributed by atoms with Crippen molar-refractivity contribution in [3.05, 3.63) is 0 Å². The number of carboxylic acids is 2. The Labute approximate surface area is 343 Å². The quantitative estimate of drug-likeness (QED) is 0.0176. The average Bonchev–Trinajstić information content (AvgIpc) is 3.15. The molecule has 0 heterocycles. The summed E-state index contributed by atoms with van der Waals surface area (Å²) in [5.74, 6) is -9.12. The van der Waals surface area contributed by atoms with Crippen molar-refractivity contribution in [1.82, 2.24) is 31.9 Å². The average molecular weight is 847 g/mol. The summed E-state index contributed by atoms with van der Waals surface area (Å²) in [6.07, 6.45) is -0.866. The Morgan fingerprint density at radius 2 is 1.03 bits per heavy atom. The molecule has 0 aromatic carbocycles. The third kappa shape index (κ3) is 22.5. The molecule has 24 heteroatoms. The van der Waals surface area contributed by atoms with Gasteiger partial charge in [-0.3, -0.25) is 38.6 Å². The predicted octanol–water partition coefficient (Wildman–Crippen LogP) is -5.49. The van der Waals surface area contributed by atoms with Gasteiger partial charge in [0.25, 0.3) is 0 Å². The minimum atomic E-state index is -1.80. The first-order valence-electron chi connectivity index (χ1n) is 19.5. The molecule has 20 N–H and O–H groups in total. The van der Waals surface area contributed by atoms with Crippen LogP contribution in [0, 0.1) is 5.92 Å². The molecule has 0 aliphatic carbocycles. The summed E-state index contributed by atoms with van der Waals surface area (Å²) in [5, 5.41) is 53.1. The van der Waals surface area contributed by atoms with Crippen LogP contribution in [0.2, 0.25) is 0 Å². The predicted molar refractivity (Wildman–Crippen MR) is 213 cm³/mol. The van der Waals surface area contributed by atoms with Crippen LogP contribution in [0.15, 0.2) is 4.99 Å². The van der Waals surface area contributed by atoms with E-state index >= 15 is 0 Å². The molecule has 0 radical (unpaired) electrons. The minimum Gasteiger partial charge on any atom is -0.481 e. The fourth-order valence-corrected chi connectivity index (χ4v) is 5.47. The highest BCUT2D eigenvalue weighted by molar-refractivity contribution is 5.98. The number of aliphatic imine (C=N–C) groups is 1. The number of nitrogens with zero attached hydrogens (tertiary/aromatic N) is 1. The van der Waals surface area contributed by atoms with Gasteiger partial charge in [0.15, 0.2) is 5.96 Å². The van der Waals surface area contributed by atoms with Gasteiger partial charge in [-0.15, -0.1) is 0 Å². The number of unbranched alkanes of at least 4 members (excludes halogenated alkanes) is 2. The minimum absolute atomic E-state index is 0.0187. The zero-order valence-corrected chi connectivity index (χ0v) is 34.0. The molecule has 0 aromatic heterocycles. The van der Waals surface area contributed by atoms with Gasteiger partial charge < -0.3 is 81.0 Å². The van der Waals surface area contributed by atoms with Gasteiger partial charge in [-0.1, -0.05) is 13.8 Å². The Bertz CT molecular complexity index is 1410. The zero-order valence-electron chi connectivity index (χ0n) is 34.0. The lowest BCUT2D eigenvalue weighted by molar-refractivity contribution is -0.142. The van der Waals surface area contributed by atoms with E-state index < -0.39 is 109 Å². The number of nitrogens with one attached hydrogen (secondary N) is 6. The van der Waals surface area contributed by atoms with Gasteiger partial charge >= 0.3 is 11.9 Å². The summed E-state index contributed by atoms with van der Waals surface area (Å²) in [6.45, 7) is 4.45. The molecular weight excluding hydrogens is 780 g/mol. The van der Waals surface area contributed by atoms with E-state index in [1.165, 1.54) is 6.92 Å². The molecule has 338 valence electrons. The second-order valence-electron chi connectivity index (χ2n) is 14.4. The van der Waals surface area contributed by atoms with Gasteiger partial charge in [0.2, 0.25) is 35.4 Å². The van der Waals surface area contributed by atoms with Crippen LogP contribution < -0.4 is 60.6 Å². The highest BCUT2D eigenvalue weighted by Crippen LogP contribution is 2.11. The number of carbonyl (C=O) groups is 8. The van der Waals surface area contributed by atoms with E-state index in [0.29, 0.717) is 19.3 Å². The number of carbonyl (C=O) groups excluding carboxylic acids is 6. The van der Waals surface area contributed by atoms with Crippen molar-refractivity contribution in [3.63, 3.8) is 0 Å². The molecule has 0 rings (SSSR count). The summed E-state index contributed by atoms with van der Waals surface area (Å²) < 4.78 is 0. The number of aliphatic hydroxyl groups is 2. The van der Waals surface area contributed by atoms with Crippen molar-refractivity contribution < 1.29 is 58.8 Å². The van der Waals surface area contributed by atoms with E-state index in [4.69, 9.17) is 28.7 Å². The molecule has 6 amide bonds. The summed E-state index contributed by atoms with van der Waals surface area (Å²) in [5.41, 5.74) is 27.3. The molecule has 0 aliphatic heterocycles. The molecule has 8 atom stereocenters. The highest BCUT2D eigenvalue weighted by Gasteiger charge is 2.35. The zero-order chi connectivity index (χ0) is 45.2. The molecule has 0 saturated heterocycles. The van der Waals surface area contributed by atoms with Crippen molar-refractivity contribution in [1.29, 1.82) is 0 Å². The fraction of sp³-hybridized carbons (Fsp3) is 0.743. The second kappa shape index (κ2) is 29.1. The molecule has 0 unspecified atom stereocenters. The van der Waals surface area contributed by atoms with E-state index in [9.17, 15) is 58.8 Å². The first kappa shape index (κ1) is 53.8. The maximum Gasteiger partial charge on any atom is 0.326 e. The first-order valence-corrected chi connectivity index (χ1v) is 19.5. The number of aliphatic hydroxyl groups excluding tert-OH is 2. The van der Waals surface area contributed by atoms with Gasteiger partial charge in [0.05, 0.1) is 19.1 Å². The first-order chi connectivity index (χ1) is 27.7.